The van der Waals surface area contributed by atoms with Crippen molar-refractivity contribution in [3.05, 3.63) is 24.5 Å². The normalized spacial score (nSPS) is 10.8. The Balaban J connectivity index is 3.63. The molecule has 2 N–H and O–H groups in total. The third kappa shape index (κ3) is 5.93. The SMILES string of the molecule is C=C/C(=C\C)OCC(=O)NCCO. The van der Waals surface area contributed by atoms with Crippen LogP contribution in [0.5, 0.6) is 0 Å². The van der Waals surface area contributed by atoms with Gasteiger partial charge in [-0.15, -0.1) is 0 Å². The van der Waals surface area contributed by atoms with Crippen molar-refractivity contribution in [2.75, 3.05) is 19.8 Å². The fourth-order valence-electron chi connectivity index (χ4n) is 0.655. The molecule has 0 aromatic rings. The third-order valence-electron chi connectivity index (χ3n) is 1.29. The van der Waals surface area contributed by atoms with Crippen LogP contribution in [0, 0.1) is 0 Å². The fourth-order valence-corrected chi connectivity index (χ4v) is 0.655. The standard InChI is InChI=1S/C9H15NO3/c1-3-8(4-2)13-7-9(12)10-5-6-11/h3-4,11H,1,5-7H2,2H3,(H,10,12)/b8-4+. The van der Waals surface area contributed by atoms with Gasteiger partial charge < -0.3 is 15.2 Å². The van der Waals surface area contributed by atoms with Gasteiger partial charge in [0.15, 0.2) is 6.61 Å². The summed E-state index contributed by atoms with van der Waals surface area (Å²) in [6.45, 7) is 5.44. The van der Waals surface area contributed by atoms with E-state index in [1.807, 2.05) is 0 Å². The average Bonchev–Trinajstić information content (AvgIpc) is 2.16. The van der Waals surface area contributed by atoms with Crippen molar-refractivity contribution in [3.63, 3.8) is 0 Å². The third-order valence-corrected chi connectivity index (χ3v) is 1.29. The minimum Gasteiger partial charge on any atom is -0.484 e. The lowest BCUT2D eigenvalue weighted by atomic mass is 10.4. The van der Waals surface area contributed by atoms with Gasteiger partial charge in [0.1, 0.15) is 5.76 Å². The summed E-state index contributed by atoms with van der Waals surface area (Å²) in [6.07, 6.45) is 3.24. The first-order chi connectivity index (χ1) is 6.24. The van der Waals surface area contributed by atoms with Gasteiger partial charge in [-0.3, -0.25) is 4.79 Å². The topological polar surface area (TPSA) is 58.6 Å². The lowest BCUT2D eigenvalue weighted by Gasteiger charge is -2.06. The number of amides is 1. The van der Waals surface area contributed by atoms with Gasteiger partial charge in [0.2, 0.25) is 0 Å². The summed E-state index contributed by atoms with van der Waals surface area (Å²) in [5, 5.41) is 10.9. The molecule has 4 heteroatoms. The quantitative estimate of drug-likeness (QED) is 0.459. The Morgan fingerprint density at radius 3 is 2.85 bits per heavy atom. The Hall–Kier alpha value is -1.29. The number of rotatable bonds is 6. The number of carbonyl (C=O) groups excluding carboxylic acids is 1. The van der Waals surface area contributed by atoms with Crippen molar-refractivity contribution in [2.45, 2.75) is 6.92 Å². The number of carbonyl (C=O) groups is 1. The van der Waals surface area contributed by atoms with Crippen LogP contribution in [0.3, 0.4) is 0 Å². The lowest BCUT2D eigenvalue weighted by Crippen LogP contribution is -2.29. The number of ether oxygens (including phenoxy) is 1. The fraction of sp³-hybridized carbons (Fsp3) is 0.444. The van der Waals surface area contributed by atoms with Crippen molar-refractivity contribution < 1.29 is 14.6 Å². The molecule has 0 rings (SSSR count). The Morgan fingerprint density at radius 1 is 1.69 bits per heavy atom. The molecule has 1 amide bonds. The van der Waals surface area contributed by atoms with E-state index >= 15 is 0 Å². The Bertz CT molecular complexity index is 199. The Labute approximate surface area is 77.9 Å². The molecule has 4 nitrogen and oxygen atoms in total. The van der Waals surface area contributed by atoms with Crippen LogP contribution in [-0.2, 0) is 9.53 Å². The van der Waals surface area contributed by atoms with Gasteiger partial charge in [0.25, 0.3) is 5.91 Å². The van der Waals surface area contributed by atoms with E-state index in [-0.39, 0.29) is 25.7 Å². The molecule has 0 atom stereocenters. The van der Waals surface area contributed by atoms with Crippen molar-refractivity contribution in [3.8, 4) is 0 Å². The van der Waals surface area contributed by atoms with E-state index in [9.17, 15) is 4.79 Å². The molecule has 0 saturated carbocycles. The molecule has 0 unspecified atom stereocenters. The molecule has 0 bridgehead atoms. The number of hydrogen-bond acceptors (Lipinski definition) is 3. The minimum absolute atomic E-state index is 0.0499. The molecular weight excluding hydrogens is 170 g/mol. The van der Waals surface area contributed by atoms with Gasteiger partial charge in [0, 0.05) is 6.54 Å². The molecule has 0 spiro atoms. The molecule has 0 aromatic carbocycles. The summed E-state index contributed by atoms with van der Waals surface area (Å²) in [5.41, 5.74) is 0. The zero-order valence-corrected chi connectivity index (χ0v) is 7.75. The van der Waals surface area contributed by atoms with Crippen LogP contribution >= 0.6 is 0 Å². The maximum absolute atomic E-state index is 10.9. The average molecular weight is 185 g/mol. The van der Waals surface area contributed by atoms with E-state index in [0.29, 0.717) is 5.76 Å². The predicted molar refractivity (Wildman–Crippen MR) is 50.0 cm³/mol. The van der Waals surface area contributed by atoms with Crippen LogP contribution in [0.1, 0.15) is 6.92 Å². The molecule has 0 heterocycles. The van der Waals surface area contributed by atoms with Crippen LogP contribution in [0.2, 0.25) is 0 Å². The van der Waals surface area contributed by atoms with E-state index < -0.39 is 0 Å². The largest absolute Gasteiger partial charge is 0.484 e. The van der Waals surface area contributed by atoms with Crippen LogP contribution < -0.4 is 5.32 Å². The van der Waals surface area contributed by atoms with Crippen LogP contribution in [0.4, 0.5) is 0 Å². The molecule has 74 valence electrons. The number of aliphatic hydroxyl groups excluding tert-OH is 1. The summed E-state index contributed by atoms with van der Waals surface area (Å²) in [7, 11) is 0. The molecule has 0 saturated heterocycles. The second kappa shape index (κ2) is 7.36. The van der Waals surface area contributed by atoms with Gasteiger partial charge in [-0.2, -0.15) is 0 Å². The van der Waals surface area contributed by atoms with Gasteiger partial charge in [-0.25, -0.2) is 0 Å². The number of nitrogens with one attached hydrogen (secondary N) is 1. The van der Waals surface area contributed by atoms with Gasteiger partial charge >= 0.3 is 0 Å². The van der Waals surface area contributed by atoms with E-state index in [1.165, 1.54) is 6.08 Å². The second-order valence-corrected chi connectivity index (χ2v) is 2.26. The molecule has 0 radical (unpaired) electrons. The van der Waals surface area contributed by atoms with E-state index in [1.54, 1.807) is 13.0 Å². The van der Waals surface area contributed by atoms with E-state index in [2.05, 4.69) is 11.9 Å². The number of allylic oxidation sites excluding steroid dienone is 2. The predicted octanol–water partition coefficient (Wildman–Crippen LogP) is 0.201. The van der Waals surface area contributed by atoms with E-state index in [0.717, 1.165) is 0 Å². The zero-order chi connectivity index (χ0) is 10.1. The summed E-state index contributed by atoms with van der Waals surface area (Å²) >= 11 is 0. The number of aliphatic hydroxyl groups is 1. The lowest BCUT2D eigenvalue weighted by molar-refractivity contribution is -0.124. The van der Waals surface area contributed by atoms with Gasteiger partial charge in [-0.1, -0.05) is 6.58 Å². The van der Waals surface area contributed by atoms with Crippen molar-refractivity contribution in [2.24, 2.45) is 0 Å². The minimum atomic E-state index is -0.254. The van der Waals surface area contributed by atoms with Crippen LogP contribution in [-0.4, -0.2) is 30.8 Å². The van der Waals surface area contributed by atoms with Crippen molar-refractivity contribution in [1.29, 1.82) is 0 Å². The monoisotopic (exact) mass is 185 g/mol. The highest BCUT2D eigenvalue weighted by atomic mass is 16.5. The zero-order valence-electron chi connectivity index (χ0n) is 7.75. The smallest absolute Gasteiger partial charge is 0.258 e. The molecule has 0 aromatic heterocycles. The highest BCUT2D eigenvalue weighted by molar-refractivity contribution is 5.77. The second-order valence-electron chi connectivity index (χ2n) is 2.26. The van der Waals surface area contributed by atoms with Crippen molar-refractivity contribution >= 4 is 5.91 Å². The molecule has 0 aliphatic rings. The Kier molecular flexibility index (Phi) is 6.63. The molecule has 0 fully saturated rings. The maximum atomic E-state index is 10.9. The maximum Gasteiger partial charge on any atom is 0.258 e. The molecule has 13 heavy (non-hydrogen) atoms. The highest BCUT2D eigenvalue weighted by Crippen LogP contribution is 1.96. The van der Waals surface area contributed by atoms with E-state index in [4.69, 9.17) is 9.84 Å². The van der Waals surface area contributed by atoms with Gasteiger partial charge in [0.05, 0.1) is 6.61 Å². The Morgan fingerprint density at radius 2 is 2.38 bits per heavy atom. The van der Waals surface area contributed by atoms with Crippen molar-refractivity contribution in [1.82, 2.24) is 5.32 Å². The first-order valence-corrected chi connectivity index (χ1v) is 4.03. The summed E-state index contributed by atoms with van der Waals surface area (Å²) in [5.74, 6) is 0.314. The highest BCUT2D eigenvalue weighted by Gasteiger charge is 2.00. The van der Waals surface area contributed by atoms with Gasteiger partial charge in [-0.05, 0) is 19.1 Å². The molecular formula is C9H15NO3. The van der Waals surface area contributed by atoms with Crippen LogP contribution in [0.25, 0.3) is 0 Å². The van der Waals surface area contributed by atoms with Crippen LogP contribution in [0.15, 0.2) is 24.5 Å². The summed E-state index contributed by atoms with van der Waals surface area (Å²) in [6, 6.07) is 0. The molecule has 0 aliphatic heterocycles. The molecule has 0 aliphatic carbocycles. The number of hydrogen-bond donors (Lipinski definition) is 2. The first kappa shape index (κ1) is 11.7. The summed E-state index contributed by atoms with van der Waals surface area (Å²) in [4.78, 5) is 10.9. The first-order valence-electron chi connectivity index (χ1n) is 4.03. The summed E-state index contributed by atoms with van der Waals surface area (Å²) < 4.78 is 5.05.